The molecule has 1 aromatic rings. The fourth-order valence-corrected chi connectivity index (χ4v) is 4.21. The third kappa shape index (κ3) is 6.18. The predicted octanol–water partition coefficient (Wildman–Crippen LogP) is 2.16. The summed E-state index contributed by atoms with van der Waals surface area (Å²) in [5.74, 6) is 1.58. The van der Waals surface area contributed by atoms with E-state index in [-0.39, 0.29) is 24.6 Å². The molecule has 1 aromatic carbocycles. The number of piperidine rings is 1. The molecule has 2 saturated heterocycles. The van der Waals surface area contributed by atoms with Crippen LogP contribution in [0.3, 0.4) is 0 Å². The van der Waals surface area contributed by atoms with Crippen molar-refractivity contribution < 1.29 is 14.3 Å². The van der Waals surface area contributed by atoms with Gasteiger partial charge in [0.05, 0.1) is 6.10 Å². The maximum Gasteiger partial charge on any atom is 0.319 e. The number of hydrogen-bond donors (Lipinski definition) is 2. The molecule has 1 aliphatic carbocycles. The molecule has 0 bridgehead atoms. The van der Waals surface area contributed by atoms with Gasteiger partial charge in [-0.15, -0.1) is 0 Å². The van der Waals surface area contributed by atoms with Gasteiger partial charge in [0.25, 0.3) is 0 Å². The van der Waals surface area contributed by atoms with Gasteiger partial charge in [-0.1, -0.05) is 18.2 Å². The van der Waals surface area contributed by atoms with Crippen LogP contribution in [0.15, 0.2) is 30.3 Å². The lowest BCUT2D eigenvalue weighted by Crippen LogP contribution is -2.52. The van der Waals surface area contributed by atoms with Gasteiger partial charge in [-0.25, -0.2) is 4.79 Å². The van der Waals surface area contributed by atoms with Crippen LogP contribution < -0.4 is 10.6 Å². The minimum absolute atomic E-state index is 0.0652. The lowest BCUT2D eigenvalue weighted by atomic mass is 9.95. The summed E-state index contributed by atoms with van der Waals surface area (Å²) < 4.78 is 5.64. The van der Waals surface area contributed by atoms with Crippen LogP contribution >= 0.6 is 0 Å². The number of hydrogen-bond acceptors (Lipinski definition) is 4. The Morgan fingerprint density at radius 1 is 1.03 bits per heavy atom. The zero-order valence-corrected chi connectivity index (χ0v) is 17.0. The Morgan fingerprint density at radius 2 is 1.76 bits per heavy atom. The summed E-state index contributed by atoms with van der Waals surface area (Å²) in [6, 6.07) is 9.08. The molecule has 2 aliphatic heterocycles. The number of likely N-dealkylation sites (tertiary alicyclic amines) is 1. The summed E-state index contributed by atoms with van der Waals surface area (Å²) in [5.41, 5.74) is 0.749. The average Bonchev–Trinajstić information content (AvgIpc) is 3.55. The SMILES string of the molecule is O=C(NC[C@H]1CN(CC2CCN(CC3CC3)CC2)C(=O)CO1)Nc1ccccc1. The van der Waals surface area contributed by atoms with E-state index in [0.717, 1.165) is 31.2 Å². The minimum atomic E-state index is -0.258. The fourth-order valence-electron chi connectivity index (χ4n) is 4.21. The van der Waals surface area contributed by atoms with Crippen LogP contribution in [0.5, 0.6) is 0 Å². The molecule has 29 heavy (non-hydrogen) atoms. The molecular weight excluding hydrogens is 368 g/mol. The standard InChI is InChI=1S/C22H32N4O3/c27-21-16-29-20(12-23-22(28)24-19-4-2-1-3-5-19)15-26(21)14-18-8-10-25(11-9-18)13-17-6-7-17/h1-5,17-18,20H,6-16H2,(H2,23,24,28)/t20-/m0/s1. The number of rotatable bonds is 7. The average molecular weight is 401 g/mol. The van der Waals surface area contributed by atoms with Crippen LogP contribution in [0, 0.1) is 11.8 Å². The second kappa shape index (κ2) is 9.59. The van der Waals surface area contributed by atoms with Gasteiger partial charge >= 0.3 is 6.03 Å². The van der Waals surface area contributed by atoms with Crippen molar-refractivity contribution >= 4 is 17.6 Å². The van der Waals surface area contributed by atoms with Gasteiger partial charge in [0.15, 0.2) is 0 Å². The Labute approximate surface area is 172 Å². The van der Waals surface area contributed by atoms with Crippen molar-refractivity contribution in [2.75, 3.05) is 51.2 Å². The fraction of sp³-hybridized carbons (Fsp3) is 0.636. The van der Waals surface area contributed by atoms with E-state index in [1.165, 1.54) is 32.2 Å². The molecule has 1 atom stereocenters. The molecular formula is C22H32N4O3. The maximum absolute atomic E-state index is 12.3. The summed E-state index contributed by atoms with van der Waals surface area (Å²) in [5, 5.41) is 5.65. The number of morpholine rings is 1. The highest BCUT2D eigenvalue weighted by Gasteiger charge is 2.31. The number of para-hydroxylation sites is 1. The molecule has 3 fully saturated rings. The van der Waals surface area contributed by atoms with E-state index in [9.17, 15) is 9.59 Å². The summed E-state index contributed by atoms with van der Waals surface area (Å²) in [6.07, 6.45) is 4.98. The predicted molar refractivity (Wildman–Crippen MR) is 112 cm³/mol. The largest absolute Gasteiger partial charge is 0.365 e. The van der Waals surface area contributed by atoms with Crippen LogP contribution in [0.25, 0.3) is 0 Å². The van der Waals surface area contributed by atoms with Crippen molar-refractivity contribution in [2.45, 2.75) is 31.8 Å². The summed E-state index contributed by atoms with van der Waals surface area (Å²) in [4.78, 5) is 28.9. The van der Waals surface area contributed by atoms with E-state index in [0.29, 0.717) is 19.0 Å². The van der Waals surface area contributed by atoms with Crippen LogP contribution in [-0.4, -0.2) is 73.7 Å². The molecule has 2 N–H and O–H groups in total. The van der Waals surface area contributed by atoms with Gasteiger partial charge in [-0.3, -0.25) is 4.79 Å². The smallest absolute Gasteiger partial charge is 0.319 e. The number of urea groups is 1. The second-order valence-electron chi connectivity index (χ2n) is 8.62. The lowest BCUT2D eigenvalue weighted by Gasteiger charge is -2.38. The zero-order chi connectivity index (χ0) is 20.1. The van der Waals surface area contributed by atoms with Gasteiger partial charge in [0.2, 0.25) is 5.91 Å². The Hall–Kier alpha value is -2.12. The van der Waals surface area contributed by atoms with Crippen LogP contribution in [0.1, 0.15) is 25.7 Å². The number of ether oxygens (including phenoxy) is 1. The summed E-state index contributed by atoms with van der Waals surface area (Å²) >= 11 is 0. The van der Waals surface area contributed by atoms with Crippen LogP contribution in [-0.2, 0) is 9.53 Å². The Bertz CT molecular complexity index is 687. The molecule has 0 spiro atoms. The number of carbonyl (C=O) groups is 2. The first kappa shape index (κ1) is 20.2. The molecule has 158 valence electrons. The highest BCUT2D eigenvalue weighted by atomic mass is 16.5. The van der Waals surface area contributed by atoms with Gasteiger partial charge in [0.1, 0.15) is 6.61 Å². The van der Waals surface area contributed by atoms with Crippen LogP contribution in [0.4, 0.5) is 10.5 Å². The van der Waals surface area contributed by atoms with Crippen molar-refractivity contribution in [2.24, 2.45) is 11.8 Å². The van der Waals surface area contributed by atoms with Gasteiger partial charge < -0.3 is 25.2 Å². The Balaban J connectivity index is 1.18. The van der Waals surface area contributed by atoms with Crippen molar-refractivity contribution in [1.29, 1.82) is 0 Å². The van der Waals surface area contributed by atoms with Gasteiger partial charge in [0, 0.05) is 31.9 Å². The number of carbonyl (C=O) groups excluding carboxylic acids is 2. The molecule has 1 saturated carbocycles. The van der Waals surface area contributed by atoms with Crippen molar-refractivity contribution in [3.8, 4) is 0 Å². The van der Waals surface area contributed by atoms with E-state index in [1.807, 2.05) is 35.2 Å². The number of anilines is 1. The minimum Gasteiger partial charge on any atom is -0.365 e. The first-order valence-electron chi connectivity index (χ1n) is 10.9. The van der Waals surface area contributed by atoms with Gasteiger partial charge in [-0.2, -0.15) is 0 Å². The normalized spacial score (nSPS) is 23.8. The number of nitrogens with zero attached hydrogens (tertiary/aromatic N) is 2. The molecule has 3 aliphatic rings. The van der Waals surface area contributed by atoms with Crippen molar-refractivity contribution in [3.63, 3.8) is 0 Å². The van der Waals surface area contributed by atoms with E-state index in [2.05, 4.69) is 15.5 Å². The first-order valence-corrected chi connectivity index (χ1v) is 10.9. The number of nitrogens with one attached hydrogen (secondary N) is 2. The topological polar surface area (TPSA) is 73.9 Å². The highest BCUT2D eigenvalue weighted by molar-refractivity contribution is 5.89. The van der Waals surface area contributed by atoms with Crippen molar-refractivity contribution in [3.05, 3.63) is 30.3 Å². The maximum atomic E-state index is 12.3. The Morgan fingerprint density at radius 3 is 2.48 bits per heavy atom. The quantitative estimate of drug-likeness (QED) is 0.736. The van der Waals surface area contributed by atoms with E-state index in [1.54, 1.807) is 0 Å². The molecule has 7 heteroatoms. The zero-order valence-electron chi connectivity index (χ0n) is 17.0. The molecule has 0 aromatic heterocycles. The number of amides is 3. The summed E-state index contributed by atoms with van der Waals surface area (Å²) in [6.45, 7) is 5.44. The molecule has 7 nitrogen and oxygen atoms in total. The molecule has 2 heterocycles. The molecule has 0 unspecified atom stereocenters. The first-order chi connectivity index (χ1) is 14.2. The van der Waals surface area contributed by atoms with Crippen LogP contribution in [0.2, 0.25) is 0 Å². The lowest BCUT2D eigenvalue weighted by molar-refractivity contribution is -0.149. The number of benzene rings is 1. The molecule has 4 rings (SSSR count). The van der Waals surface area contributed by atoms with E-state index < -0.39 is 0 Å². The molecule has 0 radical (unpaired) electrons. The highest BCUT2D eigenvalue weighted by Crippen LogP contribution is 2.31. The van der Waals surface area contributed by atoms with Gasteiger partial charge in [-0.05, 0) is 62.7 Å². The van der Waals surface area contributed by atoms with Crippen molar-refractivity contribution in [1.82, 2.24) is 15.1 Å². The van der Waals surface area contributed by atoms with E-state index >= 15 is 0 Å². The van der Waals surface area contributed by atoms with E-state index in [4.69, 9.17) is 4.74 Å². The monoisotopic (exact) mass is 400 g/mol. The second-order valence-corrected chi connectivity index (χ2v) is 8.62. The molecule has 3 amide bonds. The Kier molecular flexibility index (Phi) is 6.67. The third-order valence-corrected chi connectivity index (χ3v) is 6.14. The summed E-state index contributed by atoms with van der Waals surface area (Å²) in [7, 11) is 0. The third-order valence-electron chi connectivity index (χ3n) is 6.14.